The summed E-state index contributed by atoms with van der Waals surface area (Å²) in [6, 6.07) is 3.57. The summed E-state index contributed by atoms with van der Waals surface area (Å²) in [6.07, 6.45) is 1.40. The first kappa shape index (κ1) is 15.5. The summed E-state index contributed by atoms with van der Waals surface area (Å²) in [4.78, 5) is 0. The van der Waals surface area contributed by atoms with Gasteiger partial charge in [-0.3, -0.25) is 0 Å². The summed E-state index contributed by atoms with van der Waals surface area (Å²) in [5, 5.41) is 35.5. The topological polar surface area (TPSA) is 91.2 Å². The van der Waals surface area contributed by atoms with Gasteiger partial charge in [-0.05, 0) is 23.3 Å². The van der Waals surface area contributed by atoms with Crippen LogP contribution in [0.15, 0.2) is 24.0 Å². The number of hydroxylamine groups is 3. The summed E-state index contributed by atoms with van der Waals surface area (Å²) in [5.74, 6) is 1.12. The standard InChI is InChI=1S/C18H21NO6/c1-23-15-7-18-3-2-4-19(18,22)8-12(20)10-5-13-14(25-9-24-13)6-11(10)16(18)17(15)21/h5-7,12,16-17,20-21H,2-4,8-9H2,1H3/t12-,16+,17+,18-,19?/m0/s1. The lowest BCUT2D eigenvalue weighted by Gasteiger charge is -2.52. The van der Waals surface area contributed by atoms with Crippen LogP contribution in [0.3, 0.4) is 0 Å². The monoisotopic (exact) mass is 347 g/mol. The van der Waals surface area contributed by atoms with Crippen LogP contribution in [0.25, 0.3) is 0 Å². The fourth-order valence-electron chi connectivity index (χ4n) is 5.28. The van der Waals surface area contributed by atoms with E-state index in [2.05, 4.69) is 0 Å². The average Bonchev–Trinajstić information content (AvgIpc) is 3.22. The Morgan fingerprint density at radius 2 is 1.96 bits per heavy atom. The Balaban J connectivity index is 1.77. The molecule has 0 radical (unpaired) electrons. The molecule has 1 saturated heterocycles. The molecule has 0 bridgehead atoms. The maximum absolute atomic E-state index is 13.8. The van der Waals surface area contributed by atoms with Gasteiger partial charge < -0.3 is 34.3 Å². The number of hydrogen-bond acceptors (Lipinski definition) is 6. The molecule has 1 fully saturated rings. The van der Waals surface area contributed by atoms with Gasteiger partial charge in [0.25, 0.3) is 0 Å². The molecular weight excluding hydrogens is 326 g/mol. The number of ether oxygens (including phenoxy) is 3. The number of aliphatic hydroxyl groups is 2. The van der Waals surface area contributed by atoms with Crippen LogP contribution >= 0.6 is 0 Å². The first-order valence-electron chi connectivity index (χ1n) is 8.63. The first-order chi connectivity index (χ1) is 12.0. The van der Waals surface area contributed by atoms with Gasteiger partial charge in [0, 0.05) is 18.9 Å². The van der Waals surface area contributed by atoms with E-state index in [4.69, 9.17) is 14.2 Å². The van der Waals surface area contributed by atoms with Gasteiger partial charge >= 0.3 is 0 Å². The minimum atomic E-state index is -0.918. The zero-order valence-corrected chi connectivity index (χ0v) is 14.0. The summed E-state index contributed by atoms with van der Waals surface area (Å²) < 4.78 is 15.8. The molecule has 5 rings (SSSR count). The van der Waals surface area contributed by atoms with Crippen LogP contribution in [-0.2, 0) is 4.74 Å². The Labute approximate surface area is 145 Å². The third kappa shape index (κ3) is 1.79. The fraction of sp³-hybridized carbons (Fsp3) is 0.556. The zero-order valence-electron chi connectivity index (χ0n) is 14.0. The number of methoxy groups -OCH3 is 1. The van der Waals surface area contributed by atoms with Crippen molar-refractivity contribution in [2.24, 2.45) is 0 Å². The largest absolute Gasteiger partial charge is 0.632 e. The van der Waals surface area contributed by atoms with E-state index in [0.29, 0.717) is 35.8 Å². The smallest absolute Gasteiger partial charge is 0.231 e. The molecule has 4 aliphatic rings. The molecule has 0 amide bonds. The molecule has 25 heavy (non-hydrogen) atoms. The Hall–Kier alpha value is -1.80. The molecule has 1 aromatic rings. The Kier molecular flexibility index (Phi) is 3.02. The molecule has 1 unspecified atom stereocenters. The van der Waals surface area contributed by atoms with Gasteiger partial charge in [-0.1, -0.05) is 0 Å². The molecule has 0 aromatic heterocycles. The Morgan fingerprint density at radius 3 is 2.68 bits per heavy atom. The highest BCUT2D eigenvalue weighted by Crippen LogP contribution is 2.58. The van der Waals surface area contributed by atoms with Crippen LogP contribution in [0.2, 0.25) is 0 Å². The molecule has 1 aromatic carbocycles. The van der Waals surface area contributed by atoms with Gasteiger partial charge in [-0.2, -0.15) is 0 Å². The molecule has 134 valence electrons. The lowest BCUT2D eigenvalue weighted by molar-refractivity contribution is -0.916. The van der Waals surface area contributed by atoms with Crippen LogP contribution in [0.5, 0.6) is 11.5 Å². The third-order valence-electron chi connectivity index (χ3n) is 6.37. The fourth-order valence-corrected chi connectivity index (χ4v) is 5.28. The van der Waals surface area contributed by atoms with E-state index in [1.54, 1.807) is 6.07 Å². The molecule has 2 N–H and O–H groups in total. The van der Waals surface area contributed by atoms with Gasteiger partial charge in [0.1, 0.15) is 30.1 Å². The van der Waals surface area contributed by atoms with Gasteiger partial charge in [-0.25, -0.2) is 0 Å². The van der Waals surface area contributed by atoms with Crippen LogP contribution in [-0.4, -0.2) is 53.5 Å². The second kappa shape index (κ2) is 4.88. The average molecular weight is 347 g/mol. The van der Waals surface area contributed by atoms with Gasteiger partial charge in [0.15, 0.2) is 11.5 Å². The van der Waals surface area contributed by atoms with Crippen LogP contribution in [0.4, 0.5) is 0 Å². The van der Waals surface area contributed by atoms with Crippen molar-refractivity contribution in [2.45, 2.75) is 36.5 Å². The minimum absolute atomic E-state index is 0.0589. The van der Waals surface area contributed by atoms with E-state index >= 15 is 0 Å². The van der Waals surface area contributed by atoms with Crippen molar-refractivity contribution in [3.05, 3.63) is 40.3 Å². The highest BCUT2D eigenvalue weighted by Gasteiger charge is 2.63. The van der Waals surface area contributed by atoms with Crippen molar-refractivity contribution in [3.8, 4) is 11.5 Å². The van der Waals surface area contributed by atoms with E-state index < -0.39 is 28.3 Å². The highest BCUT2D eigenvalue weighted by molar-refractivity contribution is 5.54. The van der Waals surface area contributed by atoms with E-state index in [9.17, 15) is 15.4 Å². The van der Waals surface area contributed by atoms with Crippen molar-refractivity contribution >= 4 is 0 Å². The first-order valence-corrected chi connectivity index (χ1v) is 8.63. The van der Waals surface area contributed by atoms with Crippen molar-refractivity contribution in [2.75, 3.05) is 27.0 Å². The molecule has 3 aliphatic heterocycles. The Bertz CT molecular complexity index is 779. The van der Waals surface area contributed by atoms with E-state index in [0.717, 1.165) is 12.0 Å². The van der Waals surface area contributed by atoms with Crippen molar-refractivity contribution in [1.29, 1.82) is 0 Å². The second-order valence-corrected chi connectivity index (χ2v) is 7.41. The molecule has 7 heteroatoms. The van der Waals surface area contributed by atoms with E-state index in [1.807, 2.05) is 12.1 Å². The number of nitrogens with zero attached hydrogens (tertiary/aromatic N) is 1. The molecule has 1 aliphatic carbocycles. The summed E-state index contributed by atoms with van der Waals surface area (Å²) in [6.45, 7) is 0.619. The van der Waals surface area contributed by atoms with Crippen molar-refractivity contribution in [3.63, 3.8) is 0 Å². The molecular formula is C18H21NO6. The maximum atomic E-state index is 13.8. The number of quaternary nitrogens is 1. The lowest BCUT2D eigenvalue weighted by Crippen LogP contribution is -2.58. The third-order valence-corrected chi connectivity index (χ3v) is 6.37. The van der Waals surface area contributed by atoms with Crippen LogP contribution in [0.1, 0.15) is 36.0 Å². The number of rotatable bonds is 1. The molecule has 1 spiro atoms. The molecule has 0 saturated carbocycles. The van der Waals surface area contributed by atoms with Gasteiger partial charge in [0.05, 0.1) is 19.6 Å². The maximum Gasteiger partial charge on any atom is 0.231 e. The second-order valence-electron chi connectivity index (χ2n) is 7.41. The predicted molar refractivity (Wildman–Crippen MR) is 86.7 cm³/mol. The summed E-state index contributed by atoms with van der Waals surface area (Å²) >= 11 is 0. The minimum Gasteiger partial charge on any atom is -0.632 e. The summed E-state index contributed by atoms with van der Waals surface area (Å²) in [5.41, 5.74) is 0.580. The normalized spacial score (nSPS) is 40.8. The lowest BCUT2D eigenvalue weighted by atomic mass is 9.77. The zero-order chi connectivity index (χ0) is 17.4. The van der Waals surface area contributed by atoms with Gasteiger partial charge in [-0.15, -0.1) is 0 Å². The SMILES string of the molecule is COC1=C[C@]23CCC[N+]2([O-])C[C@H](O)c2cc4c(cc2[C@@H]3[C@@H]1O)OCO4. The number of aliphatic hydroxyl groups excluding tert-OH is 2. The van der Waals surface area contributed by atoms with Crippen molar-refractivity contribution in [1.82, 2.24) is 0 Å². The van der Waals surface area contributed by atoms with Crippen molar-refractivity contribution < 1.29 is 29.1 Å². The summed E-state index contributed by atoms with van der Waals surface area (Å²) in [7, 11) is 1.51. The molecule has 3 heterocycles. The highest BCUT2D eigenvalue weighted by atomic mass is 16.7. The van der Waals surface area contributed by atoms with Crippen LogP contribution < -0.4 is 9.47 Å². The number of hydrogen-bond donors (Lipinski definition) is 2. The molecule has 7 nitrogen and oxygen atoms in total. The molecule has 5 atom stereocenters. The van der Waals surface area contributed by atoms with E-state index in [-0.39, 0.29) is 13.3 Å². The van der Waals surface area contributed by atoms with Gasteiger partial charge in [0.2, 0.25) is 6.79 Å². The van der Waals surface area contributed by atoms with E-state index in [1.165, 1.54) is 7.11 Å². The number of benzene rings is 1. The van der Waals surface area contributed by atoms with Crippen LogP contribution in [0, 0.1) is 5.21 Å². The predicted octanol–water partition coefficient (Wildman–Crippen LogP) is 1.30. The quantitative estimate of drug-likeness (QED) is 0.588. The Morgan fingerprint density at radius 1 is 1.24 bits per heavy atom. The number of fused-ring (bicyclic) bond motifs is 3.